The molecule has 1 aromatic carbocycles. The molecule has 4 unspecified atom stereocenters. The summed E-state index contributed by atoms with van der Waals surface area (Å²) in [5, 5.41) is 25.1. The van der Waals surface area contributed by atoms with E-state index >= 15 is 0 Å². The molecule has 30 heavy (non-hydrogen) atoms. The van der Waals surface area contributed by atoms with Crippen LogP contribution in [0, 0.1) is 5.92 Å². The van der Waals surface area contributed by atoms with Crippen molar-refractivity contribution in [3.05, 3.63) is 48.3 Å². The van der Waals surface area contributed by atoms with Crippen LogP contribution in [0.25, 0.3) is 10.8 Å². The number of aliphatic hydroxyl groups excluding tert-OH is 2. The molecule has 1 aliphatic carbocycles. The van der Waals surface area contributed by atoms with E-state index in [0.29, 0.717) is 12.2 Å². The summed E-state index contributed by atoms with van der Waals surface area (Å²) in [5.41, 5.74) is 5.63. The molecule has 0 fully saturated rings. The number of benzene rings is 1. The van der Waals surface area contributed by atoms with Gasteiger partial charge < -0.3 is 26.0 Å². The Balaban J connectivity index is 1.78. The van der Waals surface area contributed by atoms with Crippen LogP contribution in [-0.4, -0.2) is 51.4 Å². The zero-order valence-electron chi connectivity index (χ0n) is 17.0. The quantitative estimate of drug-likeness (QED) is 0.536. The molecule has 0 radical (unpaired) electrons. The highest BCUT2D eigenvalue weighted by molar-refractivity contribution is 5.97. The molecule has 2 aromatic rings. The number of ether oxygens (including phenoxy) is 1. The number of nitrogens with two attached hydrogens (primary N) is 1. The second kappa shape index (κ2) is 9.23. The lowest BCUT2D eigenvalue weighted by molar-refractivity contribution is -0.126. The maximum atomic E-state index is 12.7. The number of aromatic nitrogens is 1. The predicted octanol–water partition coefficient (Wildman–Crippen LogP) is 1.05. The Bertz CT molecular complexity index is 959. The number of carbonyl (C=O) groups excluding carboxylic acids is 2. The van der Waals surface area contributed by atoms with Gasteiger partial charge in [-0.15, -0.1) is 0 Å². The van der Waals surface area contributed by atoms with E-state index in [1.165, 1.54) is 6.08 Å². The molecule has 1 aromatic heterocycles. The monoisotopic (exact) mass is 413 g/mol. The number of amides is 2. The fourth-order valence-electron chi connectivity index (χ4n) is 3.46. The number of primary amides is 1. The summed E-state index contributed by atoms with van der Waals surface area (Å²) in [6, 6.07) is 6.44. The lowest BCUT2D eigenvalue weighted by Crippen LogP contribution is -2.49. The maximum Gasteiger partial charge on any atom is 0.247 e. The van der Waals surface area contributed by atoms with Gasteiger partial charge in [0, 0.05) is 29.8 Å². The fraction of sp³-hybridized carbons (Fsp3) is 0.409. The number of aliphatic hydroxyl groups is 2. The second-order valence-corrected chi connectivity index (χ2v) is 7.98. The SMILES string of the molecule is CC(C)CC(NC(=O)C1=CC(Oc2ccc3ccncc3c2)C(O)C(O)C1)C(N)=O. The van der Waals surface area contributed by atoms with Crippen LogP contribution in [0.3, 0.4) is 0 Å². The third-order valence-electron chi connectivity index (χ3n) is 5.06. The topological polar surface area (TPSA) is 135 Å². The summed E-state index contributed by atoms with van der Waals surface area (Å²) in [4.78, 5) is 28.4. The van der Waals surface area contributed by atoms with E-state index in [2.05, 4.69) is 10.3 Å². The molecule has 1 heterocycles. The summed E-state index contributed by atoms with van der Waals surface area (Å²) < 4.78 is 5.86. The van der Waals surface area contributed by atoms with Gasteiger partial charge in [-0.2, -0.15) is 0 Å². The molecule has 3 rings (SSSR count). The normalized spacial score (nSPS) is 22.4. The maximum absolute atomic E-state index is 12.7. The number of carbonyl (C=O) groups is 2. The summed E-state index contributed by atoms with van der Waals surface area (Å²) in [5.74, 6) is -0.498. The molecule has 8 nitrogen and oxygen atoms in total. The molecule has 8 heteroatoms. The molecule has 4 atom stereocenters. The van der Waals surface area contributed by atoms with Crippen LogP contribution in [0.4, 0.5) is 0 Å². The average molecular weight is 413 g/mol. The summed E-state index contributed by atoms with van der Waals surface area (Å²) in [6.07, 6.45) is 1.91. The fourth-order valence-corrected chi connectivity index (χ4v) is 3.46. The van der Waals surface area contributed by atoms with Crippen LogP contribution in [0.15, 0.2) is 48.3 Å². The molecule has 0 spiro atoms. The highest BCUT2D eigenvalue weighted by atomic mass is 16.5. The van der Waals surface area contributed by atoms with Gasteiger partial charge in [-0.3, -0.25) is 14.6 Å². The molecule has 5 N–H and O–H groups in total. The van der Waals surface area contributed by atoms with Crippen molar-refractivity contribution in [1.29, 1.82) is 0 Å². The number of nitrogens with zero attached hydrogens (tertiary/aromatic N) is 1. The van der Waals surface area contributed by atoms with Crippen LogP contribution >= 0.6 is 0 Å². The van der Waals surface area contributed by atoms with Gasteiger partial charge in [-0.25, -0.2) is 0 Å². The highest BCUT2D eigenvalue weighted by Crippen LogP contribution is 2.26. The van der Waals surface area contributed by atoms with Crippen molar-refractivity contribution < 1.29 is 24.5 Å². The third-order valence-corrected chi connectivity index (χ3v) is 5.06. The Morgan fingerprint density at radius 2 is 2.03 bits per heavy atom. The summed E-state index contributed by atoms with van der Waals surface area (Å²) >= 11 is 0. The third kappa shape index (κ3) is 5.14. The number of rotatable bonds is 7. The number of pyridine rings is 1. The molecule has 160 valence electrons. The first kappa shape index (κ1) is 21.7. The number of nitrogens with one attached hydrogen (secondary N) is 1. The van der Waals surface area contributed by atoms with Gasteiger partial charge in [-0.05, 0) is 42.0 Å². The smallest absolute Gasteiger partial charge is 0.247 e. The second-order valence-electron chi connectivity index (χ2n) is 7.98. The standard InChI is InChI=1S/C22H27N3O5/c1-12(2)7-17(21(23)28)25-22(29)14-9-18(26)20(27)19(10-14)30-16-4-3-13-5-6-24-11-15(13)8-16/h3-6,8,10-12,17-20,26-27H,7,9H2,1-2H3,(H2,23,28)(H,25,29). The minimum Gasteiger partial charge on any atom is -0.483 e. The van der Waals surface area contributed by atoms with Gasteiger partial charge in [0.2, 0.25) is 11.8 Å². The molecular formula is C22H27N3O5. The van der Waals surface area contributed by atoms with E-state index in [4.69, 9.17) is 10.5 Å². The lowest BCUT2D eigenvalue weighted by atomic mass is 9.91. The Morgan fingerprint density at radius 3 is 2.73 bits per heavy atom. The Kier molecular flexibility index (Phi) is 6.69. The predicted molar refractivity (Wildman–Crippen MR) is 111 cm³/mol. The van der Waals surface area contributed by atoms with Crippen LogP contribution < -0.4 is 15.8 Å². The van der Waals surface area contributed by atoms with E-state index in [9.17, 15) is 19.8 Å². The first-order valence-corrected chi connectivity index (χ1v) is 9.92. The van der Waals surface area contributed by atoms with Crippen LogP contribution in [-0.2, 0) is 9.59 Å². The zero-order valence-corrected chi connectivity index (χ0v) is 17.0. The molecule has 0 saturated carbocycles. The van der Waals surface area contributed by atoms with Crippen LogP contribution in [0.1, 0.15) is 26.7 Å². The van der Waals surface area contributed by atoms with Crippen molar-refractivity contribution >= 4 is 22.6 Å². The number of hydrogen-bond acceptors (Lipinski definition) is 6. The van der Waals surface area contributed by atoms with E-state index in [0.717, 1.165) is 10.8 Å². The van der Waals surface area contributed by atoms with Crippen LogP contribution in [0.2, 0.25) is 0 Å². The molecule has 0 aliphatic heterocycles. The van der Waals surface area contributed by atoms with Crippen molar-refractivity contribution in [3.63, 3.8) is 0 Å². The van der Waals surface area contributed by atoms with E-state index in [1.807, 2.05) is 26.0 Å². The minimum atomic E-state index is -1.20. The van der Waals surface area contributed by atoms with Crippen LogP contribution in [0.5, 0.6) is 5.75 Å². The Morgan fingerprint density at radius 1 is 1.27 bits per heavy atom. The average Bonchev–Trinajstić information content (AvgIpc) is 2.70. The highest BCUT2D eigenvalue weighted by Gasteiger charge is 2.35. The van der Waals surface area contributed by atoms with Crippen molar-refractivity contribution in [1.82, 2.24) is 10.3 Å². The Labute approximate surface area is 174 Å². The van der Waals surface area contributed by atoms with Gasteiger partial charge in [0.1, 0.15) is 24.0 Å². The molecule has 1 aliphatic rings. The number of fused-ring (bicyclic) bond motifs is 1. The van der Waals surface area contributed by atoms with Gasteiger partial charge in [0.05, 0.1) is 6.10 Å². The lowest BCUT2D eigenvalue weighted by Gasteiger charge is -2.31. The molecule has 2 amide bonds. The van der Waals surface area contributed by atoms with E-state index in [-0.39, 0.29) is 17.9 Å². The largest absolute Gasteiger partial charge is 0.483 e. The Hall–Kier alpha value is -2.97. The first-order chi connectivity index (χ1) is 14.2. The van der Waals surface area contributed by atoms with Crippen molar-refractivity contribution in [2.45, 2.75) is 51.0 Å². The van der Waals surface area contributed by atoms with Gasteiger partial charge in [0.15, 0.2) is 0 Å². The van der Waals surface area contributed by atoms with Crippen molar-refractivity contribution in [3.8, 4) is 5.75 Å². The first-order valence-electron chi connectivity index (χ1n) is 9.92. The van der Waals surface area contributed by atoms with E-state index < -0.39 is 36.2 Å². The summed E-state index contributed by atoms with van der Waals surface area (Å²) in [6.45, 7) is 3.84. The molecule has 0 saturated heterocycles. The molecular weight excluding hydrogens is 386 g/mol. The van der Waals surface area contributed by atoms with E-state index in [1.54, 1.807) is 24.5 Å². The zero-order chi connectivity index (χ0) is 21.8. The molecule has 0 bridgehead atoms. The van der Waals surface area contributed by atoms with Crippen molar-refractivity contribution in [2.75, 3.05) is 0 Å². The van der Waals surface area contributed by atoms with Crippen molar-refractivity contribution in [2.24, 2.45) is 11.7 Å². The number of hydrogen-bond donors (Lipinski definition) is 4. The summed E-state index contributed by atoms with van der Waals surface area (Å²) in [7, 11) is 0. The van der Waals surface area contributed by atoms with Gasteiger partial charge in [-0.1, -0.05) is 19.9 Å². The van der Waals surface area contributed by atoms with Gasteiger partial charge >= 0.3 is 0 Å². The minimum absolute atomic E-state index is 0.0539. The van der Waals surface area contributed by atoms with Gasteiger partial charge in [0.25, 0.3) is 0 Å².